The number of H-pyrrole nitrogens is 1. The quantitative estimate of drug-likeness (QED) is 0.782. The van der Waals surface area contributed by atoms with Gasteiger partial charge in [-0.05, 0) is 25.0 Å². The number of nitrogens with zero attached hydrogens (tertiary/aromatic N) is 2. The molecule has 1 aromatic carbocycles. The van der Waals surface area contributed by atoms with E-state index in [2.05, 4.69) is 5.10 Å². The molecule has 24 heavy (non-hydrogen) atoms. The Morgan fingerprint density at radius 3 is 2.62 bits per heavy atom. The van der Waals surface area contributed by atoms with Crippen LogP contribution >= 0.6 is 0 Å². The molecule has 126 valence electrons. The van der Waals surface area contributed by atoms with Crippen LogP contribution in [0.4, 0.5) is 0 Å². The topological polar surface area (TPSA) is 118 Å². The minimum Gasteiger partial charge on any atom is -0.369 e. The molecule has 0 spiro atoms. The van der Waals surface area contributed by atoms with E-state index in [4.69, 9.17) is 5.73 Å². The minimum atomic E-state index is -0.429. The summed E-state index contributed by atoms with van der Waals surface area (Å²) in [5.74, 6) is -1.12. The van der Waals surface area contributed by atoms with Crippen molar-refractivity contribution in [1.29, 1.82) is 0 Å². The highest BCUT2D eigenvalue weighted by atomic mass is 16.2. The van der Waals surface area contributed by atoms with E-state index in [0.717, 1.165) is 4.68 Å². The third kappa shape index (κ3) is 2.94. The lowest BCUT2D eigenvalue weighted by atomic mass is 9.97. The smallest absolute Gasteiger partial charge is 0.273 e. The monoisotopic (exact) mass is 330 g/mol. The molecule has 1 saturated heterocycles. The van der Waals surface area contributed by atoms with Crippen molar-refractivity contribution in [1.82, 2.24) is 14.7 Å². The van der Waals surface area contributed by atoms with E-state index in [1.807, 2.05) is 0 Å². The average molecular weight is 330 g/mol. The van der Waals surface area contributed by atoms with E-state index < -0.39 is 17.0 Å². The first-order valence-electron chi connectivity index (χ1n) is 7.76. The molecular weight excluding hydrogens is 312 g/mol. The summed E-state index contributed by atoms with van der Waals surface area (Å²) < 4.78 is 1.01. The molecule has 8 heteroatoms. The molecule has 1 aliphatic rings. The number of likely N-dealkylation sites (tertiary alicyclic amines) is 1. The standard InChI is InChI=1S/C16H18N4O4/c17-14(22)10-4-3-7-19(8-10)13(21)9-20-16(24)12-6-2-1-5-11(12)15(23)18-20/h1-2,5-6,10H,3-4,7-9H2,(H2,17,22)(H,18,23)/t10-/m0/s1. The molecule has 0 aliphatic carbocycles. The van der Waals surface area contributed by atoms with Crippen molar-refractivity contribution in [3.63, 3.8) is 0 Å². The number of primary amides is 1. The summed E-state index contributed by atoms with van der Waals surface area (Å²) in [6, 6.07) is 6.45. The van der Waals surface area contributed by atoms with Crippen molar-refractivity contribution in [3.05, 3.63) is 45.0 Å². The summed E-state index contributed by atoms with van der Waals surface area (Å²) in [5.41, 5.74) is 4.46. The number of nitrogens with two attached hydrogens (primary N) is 1. The highest BCUT2D eigenvalue weighted by Gasteiger charge is 2.27. The van der Waals surface area contributed by atoms with Crippen LogP contribution in [0, 0.1) is 5.92 Å². The van der Waals surface area contributed by atoms with Gasteiger partial charge in [-0.3, -0.25) is 24.3 Å². The summed E-state index contributed by atoms with van der Waals surface area (Å²) in [6.07, 6.45) is 1.34. The summed E-state index contributed by atoms with van der Waals surface area (Å²) in [4.78, 5) is 49.7. The van der Waals surface area contributed by atoms with Gasteiger partial charge in [0.25, 0.3) is 11.1 Å². The second-order valence-electron chi connectivity index (χ2n) is 5.96. The summed E-state index contributed by atoms with van der Waals surface area (Å²) in [5, 5.41) is 2.99. The van der Waals surface area contributed by atoms with E-state index in [1.165, 1.54) is 4.90 Å². The van der Waals surface area contributed by atoms with Crippen molar-refractivity contribution >= 4 is 22.6 Å². The lowest BCUT2D eigenvalue weighted by molar-refractivity contribution is -0.135. The van der Waals surface area contributed by atoms with Crippen molar-refractivity contribution in [2.24, 2.45) is 11.7 Å². The van der Waals surface area contributed by atoms with E-state index in [0.29, 0.717) is 19.4 Å². The van der Waals surface area contributed by atoms with Crippen LogP contribution in [0.3, 0.4) is 0 Å². The van der Waals surface area contributed by atoms with Gasteiger partial charge in [-0.25, -0.2) is 4.68 Å². The molecule has 3 rings (SSSR count). The van der Waals surface area contributed by atoms with Gasteiger partial charge in [0.1, 0.15) is 6.54 Å². The number of piperidine rings is 1. The number of fused-ring (bicyclic) bond motifs is 1. The number of carbonyl (C=O) groups is 2. The Kier molecular flexibility index (Phi) is 4.20. The summed E-state index contributed by atoms with van der Waals surface area (Å²) >= 11 is 0. The van der Waals surface area contributed by atoms with Gasteiger partial charge >= 0.3 is 0 Å². The maximum atomic E-state index is 12.4. The number of hydrogen-bond acceptors (Lipinski definition) is 4. The van der Waals surface area contributed by atoms with Gasteiger partial charge in [0.2, 0.25) is 11.8 Å². The number of hydrogen-bond donors (Lipinski definition) is 2. The van der Waals surface area contributed by atoms with E-state index in [1.54, 1.807) is 24.3 Å². The normalized spacial score (nSPS) is 17.8. The fourth-order valence-electron chi connectivity index (χ4n) is 3.03. The van der Waals surface area contributed by atoms with E-state index in [9.17, 15) is 19.2 Å². The zero-order chi connectivity index (χ0) is 17.3. The van der Waals surface area contributed by atoms with Crippen molar-refractivity contribution in [2.45, 2.75) is 19.4 Å². The molecule has 0 bridgehead atoms. The predicted molar refractivity (Wildman–Crippen MR) is 87.3 cm³/mol. The van der Waals surface area contributed by atoms with Gasteiger partial charge in [0.05, 0.1) is 16.7 Å². The molecule has 3 N–H and O–H groups in total. The van der Waals surface area contributed by atoms with Crippen LogP contribution < -0.4 is 16.9 Å². The first-order valence-corrected chi connectivity index (χ1v) is 7.76. The van der Waals surface area contributed by atoms with Crippen molar-refractivity contribution in [3.8, 4) is 0 Å². The Balaban J connectivity index is 1.86. The van der Waals surface area contributed by atoms with Crippen molar-refractivity contribution < 1.29 is 9.59 Å². The average Bonchev–Trinajstić information content (AvgIpc) is 2.59. The van der Waals surface area contributed by atoms with Crippen LogP contribution in [0.5, 0.6) is 0 Å². The Morgan fingerprint density at radius 1 is 1.21 bits per heavy atom. The number of benzene rings is 1. The highest BCUT2D eigenvalue weighted by molar-refractivity contribution is 5.82. The predicted octanol–water partition coefficient (Wildman–Crippen LogP) is -0.586. The van der Waals surface area contributed by atoms with Crippen LogP contribution in [-0.2, 0) is 16.1 Å². The molecule has 0 radical (unpaired) electrons. The molecule has 0 unspecified atom stereocenters. The second kappa shape index (κ2) is 6.31. The zero-order valence-corrected chi connectivity index (χ0v) is 13.0. The SMILES string of the molecule is NC(=O)[C@H]1CCCN(C(=O)Cn2[nH]c(=O)c3ccccc3c2=O)C1. The molecule has 8 nitrogen and oxygen atoms in total. The molecule has 0 saturated carbocycles. The molecule has 2 amide bonds. The number of aromatic amines is 1. The number of carbonyl (C=O) groups excluding carboxylic acids is 2. The van der Waals surface area contributed by atoms with Gasteiger partial charge in [0, 0.05) is 13.1 Å². The lowest BCUT2D eigenvalue weighted by Crippen LogP contribution is -2.46. The number of nitrogens with one attached hydrogen (secondary N) is 1. The van der Waals surface area contributed by atoms with Crippen molar-refractivity contribution in [2.75, 3.05) is 13.1 Å². The minimum absolute atomic E-state index is 0.251. The third-order valence-corrected chi connectivity index (χ3v) is 4.35. The van der Waals surface area contributed by atoms with Crippen LogP contribution in [0.2, 0.25) is 0 Å². The fourth-order valence-corrected chi connectivity index (χ4v) is 3.03. The van der Waals surface area contributed by atoms with Gasteiger partial charge < -0.3 is 10.6 Å². The van der Waals surface area contributed by atoms with Gasteiger partial charge in [0.15, 0.2) is 0 Å². The molecular formula is C16H18N4O4. The van der Waals surface area contributed by atoms with Crippen LogP contribution in [0.15, 0.2) is 33.9 Å². The van der Waals surface area contributed by atoms with Crippen LogP contribution in [0.1, 0.15) is 12.8 Å². The van der Waals surface area contributed by atoms with Gasteiger partial charge in [-0.1, -0.05) is 12.1 Å². The summed E-state index contributed by atoms with van der Waals surface area (Å²) in [6.45, 7) is 0.486. The molecule has 2 aromatic rings. The largest absolute Gasteiger partial charge is 0.369 e. The Hall–Kier alpha value is -2.90. The van der Waals surface area contributed by atoms with Gasteiger partial charge in [-0.2, -0.15) is 0 Å². The van der Waals surface area contributed by atoms with E-state index >= 15 is 0 Å². The maximum Gasteiger partial charge on any atom is 0.273 e. The molecule has 1 aliphatic heterocycles. The van der Waals surface area contributed by atoms with Crippen LogP contribution in [0.25, 0.3) is 10.8 Å². The Labute approximate surface area is 136 Å². The van der Waals surface area contributed by atoms with E-state index in [-0.39, 0.29) is 35.7 Å². The molecule has 1 atom stereocenters. The first-order chi connectivity index (χ1) is 11.5. The third-order valence-electron chi connectivity index (χ3n) is 4.35. The zero-order valence-electron chi connectivity index (χ0n) is 13.0. The Bertz CT molecular complexity index is 914. The Morgan fingerprint density at radius 2 is 1.92 bits per heavy atom. The number of rotatable bonds is 3. The molecule has 1 fully saturated rings. The van der Waals surface area contributed by atoms with Crippen LogP contribution in [-0.4, -0.2) is 39.6 Å². The molecule has 2 heterocycles. The lowest BCUT2D eigenvalue weighted by Gasteiger charge is -2.31. The molecule has 1 aromatic heterocycles. The fraction of sp³-hybridized carbons (Fsp3) is 0.375. The number of amides is 2. The number of aromatic nitrogens is 2. The highest BCUT2D eigenvalue weighted by Crippen LogP contribution is 2.16. The van der Waals surface area contributed by atoms with Gasteiger partial charge in [-0.15, -0.1) is 0 Å². The first kappa shape index (κ1) is 16.0. The second-order valence-corrected chi connectivity index (χ2v) is 5.96. The summed E-state index contributed by atoms with van der Waals surface area (Å²) in [7, 11) is 0. The maximum absolute atomic E-state index is 12.4.